The zero-order valence-corrected chi connectivity index (χ0v) is 12.0. The third-order valence-corrected chi connectivity index (χ3v) is 4.14. The maximum absolute atomic E-state index is 5.35. The van der Waals surface area contributed by atoms with Crippen molar-refractivity contribution in [1.29, 1.82) is 0 Å². The van der Waals surface area contributed by atoms with Crippen LogP contribution in [0.1, 0.15) is 12.6 Å². The van der Waals surface area contributed by atoms with Crippen molar-refractivity contribution in [3.63, 3.8) is 0 Å². The molecule has 6 nitrogen and oxygen atoms in total. The van der Waals surface area contributed by atoms with Crippen LogP contribution in [0.2, 0.25) is 0 Å². The second-order valence-corrected chi connectivity index (χ2v) is 5.41. The van der Waals surface area contributed by atoms with Crippen LogP contribution in [0.4, 0.5) is 11.1 Å². The normalized spacial score (nSPS) is 16.0. The van der Waals surface area contributed by atoms with E-state index in [0.717, 1.165) is 60.0 Å². The molecule has 0 aliphatic carbocycles. The first kappa shape index (κ1) is 12.6. The summed E-state index contributed by atoms with van der Waals surface area (Å²) >= 11 is 1.61. The predicted octanol–water partition coefficient (Wildman–Crippen LogP) is 1.66. The van der Waals surface area contributed by atoms with Crippen LogP contribution in [-0.2, 0) is 4.74 Å². The highest BCUT2D eigenvalue weighted by Crippen LogP contribution is 2.28. The van der Waals surface area contributed by atoms with E-state index in [0.29, 0.717) is 0 Å². The van der Waals surface area contributed by atoms with Gasteiger partial charge < -0.3 is 15.0 Å². The molecular formula is C12H17N5OS. The third-order valence-electron chi connectivity index (χ3n) is 3.03. The first-order valence-corrected chi connectivity index (χ1v) is 7.31. The van der Waals surface area contributed by atoms with Crippen LogP contribution in [-0.4, -0.2) is 47.8 Å². The quantitative estimate of drug-likeness (QED) is 0.922. The molecule has 2 aromatic rings. The molecule has 1 aliphatic rings. The van der Waals surface area contributed by atoms with Gasteiger partial charge in [0.15, 0.2) is 10.8 Å². The molecule has 0 radical (unpaired) electrons. The van der Waals surface area contributed by atoms with Gasteiger partial charge in [-0.1, -0.05) is 11.3 Å². The number of anilines is 2. The number of rotatable bonds is 3. The largest absolute Gasteiger partial charge is 0.378 e. The standard InChI is InChI=1S/C12H17N5OS/c1-3-13-12-16-10-9(19-12)8(2)14-11(15-10)17-4-6-18-7-5-17/h3-7H2,1-2H3,(H,13,14,15,16). The van der Waals surface area contributed by atoms with Gasteiger partial charge >= 0.3 is 0 Å². The van der Waals surface area contributed by atoms with E-state index in [9.17, 15) is 0 Å². The fraction of sp³-hybridized carbons (Fsp3) is 0.583. The van der Waals surface area contributed by atoms with Crippen molar-refractivity contribution in [2.24, 2.45) is 0 Å². The van der Waals surface area contributed by atoms with Crippen LogP contribution in [0.3, 0.4) is 0 Å². The van der Waals surface area contributed by atoms with Crippen LogP contribution in [0.5, 0.6) is 0 Å². The minimum atomic E-state index is 0.736. The number of morpholine rings is 1. The van der Waals surface area contributed by atoms with Gasteiger partial charge in [0.2, 0.25) is 5.95 Å². The summed E-state index contributed by atoms with van der Waals surface area (Å²) in [5, 5.41) is 4.14. The monoisotopic (exact) mass is 279 g/mol. The van der Waals surface area contributed by atoms with E-state index in [2.05, 4.69) is 32.1 Å². The van der Waals surface area contributed by atoms with Gasteiger partial charge in [-0.2, -0.15) is 9.97 Å². The number of hydrogen-bond donors (Lipinski definition) is 1. The van der Waals surface area contributed by atoms with Crippen molar-refractivity contribution in [1.82, 2.24) is 15.0 Å². The molecule has 1 fully saturated rings. The van der Waals surface area contributed by atoms with E-state index in [4.69, 9.17) is 4.74 Å². The lowest BCUT2D eigenvalue weighted by molar-refractivity contribution is 0.122. The van der Waals surface area contributed by atoms with Crippen molar-refractivity contribution < 1.29 is 4.74 Å². The van der Waals surface area contributed by atoms with Crippen molar-refractivity contribution in [2.75, 3.05) is 43.1 Å². The Labute approximate surface area is 115 Å². The minimum absolute atomic E-state index is 0.736. The maximum atomic E-state index is 5.35. The summed E-state index contributed by atoms with van der Waals surface area (Å²) in [5.74, 6) is 0.765. The van der Waals surface area contributed by atoms with Crippen LogP contribution in [0, 0.1) is 6.92 Å². The van der Waals surface area contributed by atoms with Gasteiger partial charge in [0.05, 0.1) is 23.6 Å². The highest BCUT2D eigenvalue weighted by Gasteiger charge is 2.17. The average molecular weight is 279 g/mol. The topological polar surface area (TPSA) is 63.2 Å². The Morgan fingerprint density at radius 3 is 2.79 bits per heavy atom. The summed E-state index contributed by atoms with van der Waals surface area (Å²) in [6.07, 6.45) is 0. The highest BCUT2D eigenvalue weighted by atomic mass is 32.1. The molecule has 0 amide bonds. The van der Waals surface area contributed by atoms with Crippen molar-refractivity contribution >= 4 is 32.8 Å². The van der Waals surface area contributed by atoms with Crippen LogP contribution >= 0.6 is 11.3 Å². The van der Waals surface area contributed by atoms with Gasteiger partial charge in [-0.05, 0) is 13.8 Å². The zero-order valence-electron chi connectivity index (χ0n) is 11.1. The molecule has 0 bridgehead atoms. The Kier molecular flexibility index (Phi) is 3.48. The Morgan fingerprint density at radius 2 is 2.05 bits per heavy atom. The summed E-state index contributed by atoms with van der Waals surface area (Å²) in [6, 6.07) is 0. The van der Waals surface area contributed by atoms with Gasteiger partial charge in [0, 0.05) is 19.6 Å². The summed E-state index contributed by atoms with van der Waals surface area (Å²) in [5.41, 5.74) is 1.78. The lowest BCUT2D eigenvalue weighted by atomic mass is 10.4. The molecule has 1 N–H and O–H groups in total. The fourth-order valence-electron chi connectivity index (χ4n) is 2.08. The van der Waals surface area contributed by atoms with E-state index in [1.54, 1.807) is 11.3 Å². The van der Waals surface area contributed by atoms with E-state index in [1.165, 1.54) is 0 Å². The Hall–Kier alpha value is -1.47. The molecule has 7 heteroatoms. The van der Waals surface area contributed by atoms with Gasteiger partial charge in [-0.25, -0.2) is 4.98 Å². The lowest BCUT2D eigenvalue weighted by Crippen LogP contribution is -2.37. The summed E-state index contributed by atoms with van der Waals surface area (Å²) < 4.78 is 6.42. The molecule has 102 valence electrons. The predicted molar refractivity (Wildman–Crippen MR) is 77.1 cm³/mol. The molecule has 0 aromatic carbocycles. The Bertz CT molecular complexity index is 579. The molecule has 1 aliphatic heterocycles. The van der Waals surface area contributed by atoms with Gasteiger partial charge in [-0.15, -0.1) is 0 Å². The average Bonchev–Trinajstić information content (AvgIpc) is 2.83. The molecule has 1 saturated heterocycles. The zero-order chi connectivity index (χ0) is 13.2. The molecule has 0 saturated carbocycles. The summed E-state index contributed by atoms with van der Waals surface area (Å²) in [7, 11) is 0. The fourth-order valence-corrected chi connectivity index (χ4v) is 2.99. The molecule has 19 heavy (non-hydrogen) atoms. The Balaban J connectivity index is 1.97. The first-order valence-electron chi connectivity index (χ1n) is 6.49. The van der Waals surface area contributed by atoms with Gasteiger partial charge in [0.25, 0.3) is 0 Å². The number of fused-ring (bicyclic) bond motifs is 1. The SMILES string of the molecule is CCNc1nc2nc(N3CCOCC3)nc(C)c2s1. The lowest BCUT2D eigenvalue weighted by Gasteiger charge is -2.26. The molecular weight excluding hydrogens is 262 g/mol. The number of ether oxygens (including phenoxy) is 1. The third kappa shape index (κ3) is 2.48. The minimum Gasteiger partial charge on any atom is -0.378 e. The Morgan fingerprint density at radius 1 is 1.26 bits per heavy atom. The number of hydrogen-bond acceptors (Lipinski definition) is 7. The smallest absolute Gasteiger partial charge is 0.227 e. The maximum Gasteiger partial charge on any atom is 0.227 e. The van der Waals surface area contributed by atoms with Crippen molar-refractivity contribution in [2.45, 2.75) is 13.8 Å². The first-order chi connectivity index (χ1) is 9.28. The molecule has 0 atom stereocenters. The molecule has 3 rings (SSSR count). The second kappa shape index (κ2) is 5.26. The molecule has 0 unspecified atom stereocenters. The summed E-state index contributed by atoms with van der Waals surface area (Å²) in [6.45, 7) is 8.10. The highest BCUT2D eigenvalue weighted by molar-refractivity contribution is 7.22. The van der Waals surface area contributed by atoms with Gasteiger partial charge in [0.1, 0.15) is 0 Å². The van der Waals surface area contributed by atoms with E-state index >= 15 is 0 Å². The van der Waals surface area contributed by atoms with E-state index < -0.39 is 0 Å². The number of aryl methyl sites for hydroxylation is 1. The number of aromatic nitrogens is 3. The van der Waals surface area contributed by atoms with Crippen LogP contribution < -0.4 is 10.2 Å². The summed E-state index contributed by atoms with van der Waals surface area (Å²) in [4.78, 5) is 15.9. The van der Waals surface area contributed by atoms with E-state index in [-0.39, 0.29) is 0 Å². The second-order valence-electron chi connectivity index (χ2n) is 4.41. The molecule has 3 heterocycles. The van der Waals surface area contributed by atoms with Crippen molar-refractivity contribution in [3.8, 4) is 0 Å². The number of thiazole rings is 1. The number of nitrogens with one attached hydrogen (secondary N) is 1. The van der Waals surface area contributed by atoms with E-state index in [1.807, 2.05) is 6.92 Å². The van der Waals surface area contributed by atoms with Crippen LogP contribution in [0.15, 0.2) is 0 Å². The van der Waals surface area contributed by atoms with Crippen LogP contribution in [0.25, 0.3) is 10.3 Å². The molecule has 2 aromatic heterocycles. The van der Waals surface area contributed by atoms with Gasteiger partial charge in [-0.3, -0.25) is 0 Å². The number of nitrogens with zero attached hydrogens (tertiary/aromatic N) is 4. The van der Waals surface area contributed by atoms with Crippen molar-refractivity contribution in [3.05, 3.63) is 5.69 Å². The molecule has 0 spiro atoms.